The topological polar surface area (TPSA) is 37.3 Å². The summed E-state index contributed by atoms with van der Waals surface area (Å²) in [6.45, 7) is 14.0. The minimum absolute atomic E-state index is 0.181. The van der Waals surface area contributed by atoms with Crippen LogP contribution in [-0.2, 0) is 0 Å². The van der Waals surface area contributed by atoms with Crippen molar-refractivity contribution in [3.63, 3.8) is 0 Å². The Balaban J connectivity index is 2.04. The number of hydrogen-bond donors (Lipinski definition) is 1. The normalized spacial score (nSPS) is 15.2. The molecule has 4 heteroatoms. The maximum absolute atomic E-state index is 4.61. The van der Waals surface area contributed by atoms with E-state index in [-0.39, 0.29) is 4.75 Å². The predicted molar refractivity (Wildman–Crippen MR) is 106 cm³/mol. The third-order valence-corrected chi connectivity index (χ3v) is 5.45. The minimum Gasteiger partial charge on any atom is -0.340 e. The molecule has 0 amide bonds. The Morgan fingerprint density at radius 3 is 2.50 bits per heavy atom. The van der Waals surface area contributed by atoms with E-state index in [2.05, 4.69) is 69.0 Å². The van der Waals surface area contributed by atoms with Crippen molar-refractivity contribution in [1.29, 1.82) is 0 Å². The molecule has 0 bridgehead atoms. The second-order valence-electron chi connectivity index (χ2n) is 7.40. The van der Waals surface area contributed by atoms with Gasteiger partial charge in [0.25, 0.3) is 0 Å². The Morgan fingerprint density at radius 2 is 1.88 bits per heavy atom. The number of aliphatic imine (C=N–C) groups is 1. The van der Waals surface area contributed by atoms with Crippen molar-refractivity contribution < 1.29 is 0 Å². The molecular formula is C20H25N3S. The van der Waals surface area contributed by atoms with Gasteiger partial charge in [-0.25, -0.2) is 0 Å². The number of aryl methyl sites for hydroxylation is 1. The maximum atomic E-state index is 4.61. The van der Waals surface area contributed by atoms with Gasteiger partial charge in [0.15, 0.2) is 0 Å². The van der Waals surface area contributed by atoms with E-state index in [1.165, 1.54) is 21.6 Å². The van der Waals surface area contributed by atoms with E-state index >= 15 is 0 Å². The van der Waals surface area contributed by atoms with Crippen LogP contribution in [0.5, 0.6) is 0 Å². The molecule has 3 nitrogen and oxygen atoms in total. The third kappa shape index (κ3) is 3.48. The lowest BCUT2D eigenvalue weighted by Crippen LogP contribution is -2.12. The molecule has 0 saturated carbocycles. The third-order valence-electron chi connectivity index (χ3n) is 4.18. The lowest BCUT2D eigenvalue weighted by Gasteiger charge is -2.20. The van der Waals surface area contributed by atoms with Gasteiger partial charge in [0, 0.05) is 21.2 Å². The van der Waals surface area contributed by atoms with Crippen LogP contribution < -0.4 is 5.32 Å². The van der Waals surface area contributed by atoms with Gasteiger partial charge in [-0.15, -0.1) is 11.8 Å². The van der Waals surface area contributed by atoms with Gasteiger partial charge in [0.1, 0.15) is 5.84 Å². The molecule has 1 aromatic carbocycles. The fraction of sp³-hybridized carbons (Fsp3) is 0.400. The first kappa shape index (κ1) is 17.0. The second-order valence-corrected chi connectivity index (χ2v) is 9.27. The number of anilines is 1. The average Bonchev–Trinajstić information content (AvgIpc) is 2.79. The van der Waals surface area contributed by atoms with Crippen LogP contribution in [0.4, 0.5) is 5.69 Å². The lowest BCUT2D eigenvalue weighted by atomic mass is 10.1. The van der Waals surface area contributed by atoms with Crippen LogP contribution >= 0.6 is 11.8 Å². The molecule has 1 N–H and O–H groups in total. The minimum atomic E-state index is 0.181. The van der Waals surface area contributed by atoms with E-state index in [4.69, 9.17) is 0 Å². The van der Waals surface area contributed by atoms with Gasteiger partial charge in [0.05, 0.1) is 17.7 Å². The summed E-state index contributed by atoms with van der Waals surface area (Å²) in [5.74, 6) is 0.977. The number of pyridine rings is 1. The summed E-state index contributed by atoms with van der Waals surface area (Å²) in [5.41, 5.74) is 5.94. The quantitative estimate of drug-likeness (QED) is 0.724. The molecule has 126 valence electrons. The van der Waals surface area contributed by atoms with E-state index in [0.29, 0.717) is 0 Å². The van der Waals surface area contributed by atoms with Crippen LogP contribution in [0, 0.1) is 6.92 Å². The van der Waals surface area contributed by atoms with Gasteiger partial charge in [-0.3, -0.25) is 9.98 Å². The van der Waals surface area contributed by atoms with E-state index in [9.17, 15) is 0 Å². The van der Waals surface area contributed by atoms with Crippen molar-refractivity contribution in [2.24, 2.45) is 4.99 Å². The van der Waals surface area contributed by atoms with Gasteiger partial charge in [-0.2, -0.15) is 0 Å². The van der Waals surface area contributed by atoms with Crippen molar-refractivity contribution in [3.05, 3.63) is 41.1 Å². The zero-order valence-corrected chi connectivity index (χ0v) is 16.1. The van der Waals surface area contributed by atoms with E-state index in [1.807, 2.05) is 24.0 Å². The Morgan fingerprint density at radius 1 is 1.12 bits per heavy atom. The van der Waals surface area contributed by atoms with Gasteiger partial charge >= 0.3 is 0 Å². The number of aromatic nitrogens is 1. The number of hydrogen-bond acceptors (Lipinski definition) is 4. The molecule has 1 aliphatic rings. The molecule has 0 spiro atoms. The standard InChI is InChI=1S/C20H25N3S/c1-12-9-17-15(10-18(12)24-20(4,5)6)16(7-8-21-17)23-19-14(3)13(2)11-22-19/h7-10H,11H2,1-6H3,(H,21,22,23). The van der Waals surface area contributed by atoms with Crippen LogP contribution in [0.25, 0.3) is 10.9 Å². The Hall–Kier alpha value is -1.81. The first-order valence-corrected chi connectivity index (χ1v) is 9.13. The second kappa shape index (κ2) is 6.25. The molecular weight excluding hydrogens is 314 g/mol. The summed E-state index contributed by atoms with van der Waals surface area (Å²) >= 11 is 1.90. The summed E-state index contributed by atoms with van der Waals surface area (Å²) < 4.78 is 0.181. The molecule has 0 radical (unpaired) electrons. The van der Waals surface area contributed by atoms with Gasteiger partial charge < -0.3 is 5.32 Å². The van der Waals surface area contributed by atoms with Crippen LogP contribution in [-0.4, -0.2) is 22.1 Å². The van der Waals surface area contributed by atoms with E-state index in [0.717, 1.165) is 29.0 Å². The van der Waals surface area contributed by atoms with E-state index in [1.54, 1.807) is 0 Å². The molecule has 2 aromatic rings. The molecule has 2 heterocycles. The smallest absolute Gasteiger partial charge is 0.128 e. The highest BCUT2D eigenvalue weighted by Crippen LogP contribution is 2.37. The van der Waals surface area contributed by atoms with Gasteiger partial charge in [0.2, 0.25) is 0 Å². The molecule has 0 atom stereocenters. The summed E-state index contributed by atoms with van der Waals surface area (Å²) in [6, 6.07) is 6.48. The summed E-state index contributed by atoms with van der Waals surface area (Å²) in [5, 5.41) is 4.66. The number of nitrogens with one attached hydrogen (secondary N) is 1. The van der Waals surface area contributed by atoms with Crippen molar-refractivity contribution in [2.75, 3.05) is 11.9 Å². The molecule has 24 heavy (non-hydrogen) atoms. The van der Waals surface area contributed by atoms with Crippen LogP contribution in [0.1, 0.15) is 40.2 Å². The molecule has 0 saturated heterocycles. The number of thioether (sulfide) groups is 1. The zero-order valence-electron chi connectivity index (χ0n) is 15.3. The Bertz CT molecular complexity index is 857. The van der Waals surface area contributed by atoms with Crippen LogP contribution in [0.15, 0.2) is 45.4 Å². The summed E-state index contributed by atoms with van der Waals surface area (Å²) in [4.78, 5) is 10.5. The number of benzene rings is 1. The Kier molecular flexibility index (Phi) is 4.43. The number of nitrogens with zero attached hydrogens (tertiary/aromatic N) is 2. The maximum Gasteiger partial charge on any atom is 0.128 e. The lowest BCUT2D eigenvalue weighted by molar-refractivity contribution is 0.802. The molecule has 1 aromatic heterocycles. The zero-order chi connectivity index (χ0) is 17.5. The first-order valence-electron chi connectivity index (χ1n) is 8.31. The number of rotatable bonds is 2. The average molecular weight is 340 g/mol. The van der Waals surface area contributed by atoms with Crippen molar-refractivity contribution >= 4 is 34.2 Å². The molecule has 3 rings (SSSR count). The fourth-order valence-electron chi connectivity index (χ4n) is 2.72. The monoisotopic (exact) mass is 339 g/mol. The Labute approximate surface area is 148 Å². The fourth-order valence-corrected chi connectivity index (χ4v) is 3.78. The number of amidine groups is 1. The predicted octanol–water partition coefficient (Wildman–Crippen LogP) is 5.59. The van der Waals surface area contributed by atoms with Gasteiger partial charge in [-0.1, -0.05) is 20.8 Å². The van der Waals surface area contributed by atoms with Crippen LogP contribution in [0.2, 0.25) is 0 Å². The highest BCUT2D eigenvalue weighted by Gasteiger charge is 2.17. The van der Waals surface area contributed by atoms with Crippen molar-refractivity contribution in [3.8, 4) is 0 Å². The molecule has 0 unspecified atom stereocenters. The molecule has 0 fully saturated rings. The summed E-state index contributed by atoms with van der Waals surface area (Å²) in [7, 11) is 0. The molecule has 0 aliphatic carbocycles. The van der Waals surface area contributed by atoms with Crippen LogP contribution in [0.3, 0.4) is 0 Å². The number of fused-ring (bicyclic) bond motifs is 1. The van der Waals surface area contributed by atoms with Crippen molar-refractivity contribution in [2.45, 2.75) is 51.2 Å². The van der Waals surface area contributed by atoms with Crippen molar-refractivity contribution in [1.82, 2.24) is 4.98 Å². The highest BCUT2D eigenvalue weighted by molar-refractivity contribution is 8.00. The van der Waals surface area contributed by atoms with E-state index < -0.39 is 0 Å². The summed E-state index contributed by atoms with van der Waals surface area (Å²) in [6.07, 6.45) is 1.86. The SMILES string of the molecule is CC1=C(C)C(Nc2ccnc3cc(C)c(SC(C)(C)C)cc23)=NC1. The first-order chi connectivity index (χ1) is 11.2. The van der Waals surface area contributed by atoms with Gasteiger partial charge in [-0.05, 0) is 55.7 Å². The highest BCUT2D eigenvalue weighted by atomic mass is 32.2. The molecule has 1 aliphatic heterocycles. The largest absolute Gasteiger partial charge is 0.340 e.